The van der Waals surface area contributed by atoms with Crippen molar-refractivity contribution in [3.63, 3.8) is 0 Å². The Balaban J connectivity index is 2.69. The molecular formula is C23H31ClN2O6. The van der Waals surface area contributed by atoms with Gasteiger partial charge in [0.25, 0.3) is 5.56 Å². The summed E-state index contributed by atoms with van der Waals surface area (Å²) in [6.07, 6.45) is -1.82. The Bertz CT molecular complexity index is 1040. The monoisotopic (exact) mass is 466 g/mol. The minimum absolute atomic E-state index is 0.0455. The van der Waals surface area contributed by atoms with Gasteiger partial charge in [-0.2, -0.15) is 0 Å². The van der Waals surface area contributed by atoms with Crippen molar-refractivity contribution in [3.05, 3.63) is 45.3 Å². The van der Waals surface area contributed by atoms with Gasteiger partial charge in [-0.25, -0.2) is 14.5 Å². The van der Waals surface area contributed by atoms with Crippen molar-refractivity contribution in [1.29, 1.82) is 0 Å². The van der Waals surface area contributed by atoms with Crippen LogP contribution in [0.1, 0.15) is 60.2 Å². The number of hydrogen-bond acceptors (Lipinski definition) is 6. The van der Waals surface area contributed by atoms with Gasteiger partial charge in [0.1, 0.15) is 11.2 Å². The first-order chi connectivity index (χ1) is 14.7. The first-order valence-electron chi connectivity index (χ1n) is 10.3. The third kappa shape index (κ3) is 6.01. The molecular weight excluding hydrogens is 436 g/mol. The molecule has 32 heavy (non-hydrogen) atoms. The molecule has 1 N–H and O–H groups in total. The maximum Gasteiger partial charge on any atom is 0.420 e. The lowest BCUT2D eigenvalue weighted by Gasteiger charge is -2.33. The average molecular weight is 467 g/mol. The molecule has 0 aliphatic carbocycles. The van der Waals surface area contributed by atoms with E-state index in [1.54, 1.807) is 72.7 Å². The van der Waals surface area contributed by atoms with Crippen molar-refractivity contribution >= 4 is 34.6 Å². The van der Waals surface area contributed by atoms with Crippen molar-refractivity contribution < 1.29 is 24.2 Å². The lowest BCUT2D eigenvalue weighted by molar-refractivity contribution is -0.00677. The summed E-state index contributed by atoms with van der Waals surface area (Å²) in [5.74, 6) is 0. The second kappa shape index (κ2) is 9.50. The lowest BCUT2D eigenvalue weighted by Crippen LogP contribution is -2.46. The third-order valence-electron chi connectivity index (χ3n) is 4.44. The van der Waals surface area contributed by atoms with Crippen LogP contribution >= 0.6 is 11.6 Å². The number of aliphatic hydroxyl groups excluding tert-OH is 1. The van der Waals surface area contributed by atoms with Crippen molar-refractivity contribution in [2.75, 3.05) is 6.61 Å². The van der Waals surface area contributed by atoms with Gasteiger partial charge in [0.2, 0.25) is 0 Å². The lowest BCUT2D eigenvalue weighted by atomic mass is 10.1. The smallest absolute Gasteiger partial charge is 0.420 e. The first kappa shape index (κ1) is 25.7. The molecule has 0 aliphatic rings. The quantitative estimate of drug-likeness (QED) is 0.689. The Labute approximate surface area is 192 Å². The number of aliphatic hydroxyl groups is 1. The van der Waals surface area contributed by atoms with Crippen molar-refractivity contribution in [2.24, 2.45) is 0 Å². The third-order valence-corrected chi connectivity index (χ3v) is 4.75. The molecule has 2 aromatic rings. The molecule has 176 valence electrons. The van der Waals surface area contributed by atoms with E-state index >= 15 is 0 Å². The highest BCUT2D eigenvalue weighted by Gasteiger charge is 2.36. The number of amides is 2. The normalized spacial score (nSPS) is 13.0. The number of aromatic nitrogens is 1. The number of halogens is 1. The van der Waals surface area contributed by atoms with E-state index in [4.69, 9.17) is 21.1 Å². The van der Waals surface area contributed by atoms with Gasteiger partial charge in [-0.3, -0.25) is 4.79 Å². The van der Waals surface area contributed by atoms with Crippen LogP contribution in [-0.4, -0.2) is 44.6 Å². The molecule has 0 radical (unpaired) electrons. The zero-order valence-electron chi connectivity index (χ0n) is 19.6. The van der Waals surface area contributed by atoms with E-state index in [0.29, 0.717) is 16.5 Å². The van der Waals surface area contributed by atoms with Gasteiger partial charge >= 0.3 is 12.2 Å². The summed E-state index contributed by atoms with van der Waals surface area (Å²) in [7, 11) is 0. The molecule has 0 fully saturated rings. The Morgan fingerprint density at radius 3 is 2.09 bits per heavy atom. The fourth-order valence-electron chi connectivity index (χ4n) is 3.20. The molecule has 1 atom stereocenters. The van der Waals surface area contributed by atoms with E-state index in [9.17, 15) is 19.5 Å². The summed E-state index contributed by atoms with van der Waals surface area (Å²) in [5, 5.41) is 10.7. The molecule has 1 heterocycles. The number of carbonyl (C=O) groups excluding carboxylic acids is 2. The number of hydrogen-bond donors (Lipinski definition) is 1. The minimum Gasteiger partial charge on any atom is -0.443 e. The van der Waals surface area contributed by atoms with Crippen molar-refractivity contribution in [2.45, 2.75) is 72.3 Å². The van der Waals surface area contributed by atoms with E-state index < -0.39 is 35.0 Å². The van der Waals surface area contributed by atoms with Gasteiger partial charge in [-0.05, 0) is 66.0 Å². The number of nitrogens with zero attached hydrogens (tertiary/aromatic N) is 2. The molecule has 0 spiro atoms. The fourth-order valence-corrected chi connectivity index (χ4v) is 3.46. The van der Waals surface area contributed by atoms with Gasteiger partial charge in [0, 0.05) is 12.2 Å². The topological polar surface area (TPSA) is 98.1 Å². The van der Waals surface area contributed by atoms with E-state index in [2.05, 4.69) is 0 Å². The molecule has 2 rings (SSSR count). The van der Waals surface area contributed by atoms with Gasteiger partial charge < -0.3 is 19.1 Å². The second-order valence-corrected chi connectivity index (χ2v) is 9.87. The number of carbonyl (C=O) groups is 2. The number of fused-ring (bicyclic) bond motifs is 1. The first-order valence-corrected chi connectivity index (χ1v) is 10.7. The average Bonchev–Trinajstić information content (AvgIpc) is 2.60. The SMILES string of the molecule is C[C@@H](c1cc2cccc(Cl)c2c(=O)n1CCO)N(C(=O)OC(C)(C)C)C(=O)OC(C)(C)C. The fraction of sp³-hybridized carbons (Fsp3) is 0.522. The zero-order valence-corrected chi connectivity index (χ0v) is 20.3. The summed E-state index contributed by atoms with van der Waals surface area (Å²) >= 11 is 6.24. The summed E-state index contributed by atoms with van der Waals surface area (Å²) in [6, 6.07) is 5.75. The van der Waals surface area contributed by atoms with Crippen LogP contribution in [0.15, 0.2) is 29.1 Å². The Morgan fingerprint density at radius 2 is 1.62 bits per heavy atom. The Hall–Kier alpha value is -2.58. The Kier molecular flexibility index (Phi) is 7.63. The number of benzene rings is 1. The number of pyridine rings is 1. The van der Waals surface area contributed by atoms with Gasteiger partial charge in [-0.15, -0.1) is 0 Å². The standard InChI is InChI=1S/C23H31ClN2O6/c1-14(26(20(29)31-22(2,3)4)21(30)32-23(5,6)7)17-13-15-9-8-10-16(24)18(15)19(28)25(17)11-12-27/h8-10,13-14,27H,11-12H2,1-7H3/t14-/m0/s1. The molecule has 1 aromatic heterocycles. The van der Waals surface area contributed by atoms with Crippen molar-refractivity contribution in [1.82, 2.24) is 9.47 Å². The van der Waals surface area contributed by atoms with Crippen LogP contribution in [-0.2, 0) is 16.0 Å². The van der Waals surface area contributed by atoms with Gasteiger partial charge in [-0.1, -0.05) is 23.7 Å². The minimum atomic E-state index is -0.942. The van der Waals surface area contributed by atoms with E-state index in [1.807, 2.05) is 0 Å². The zero-order chi connectivity index (χ0) is 24.4. The molecule has 8 nitrogen and oxygen atoms in total. The molecule has 9 heteroatoms. The van der Waals surface area contributed by atoms with Crippen LogP contribution < -0.4 is 5.56 Å². The maximum absolute atomic E-state index is 13.2. The predicted molar refractivity (Wildman–Crippen MR) is 123 cm³/mol. The second-order valence-electron chi connectivity index (χ2n) is 9.46. The highest BCUT2D eigenvalue weighted by atomic mass is 35.5. The number of ether oxygens (including phenoxy) is 2. The molecule has 0 saturated carbocycles. The summed E-state index contributed by atoms with van der Waals surface area (Å²) in [4.78, 5) is 40.1. The highest BCUT2D eigenvalue weighted by molar-refractivity contribution is 6.35. The molecule has 0 bridgehead atoms. The highest BCUT2D eigenvalue weighted by Crippen LogP contribution is 2.28. The molecule has 2 amide bonds. The van der Waals surface area contributed by atoms with Crippen LogP contribution in [0, 0.1) is 0 Å². The van der Waals surface area contributed by atoms with Crippen LogP contribution in [0.5, 0.6) is 0 Å². The van der Waals surface area contributed by atoms with Gasteiger partial charge in [0.05, 0.1) is 23.1 Å². The largest absolute Gasteiger partial charge is 0.443 e. The maximum atomic E-state index is 13.2. The number of rotatable bonds is 4. The molecule has 0 saturated heterocycles. The predicted octanol–water partition coefficient (Wildman–Crippen LogP) is 4.88. The van der Waals surface area contributed by atoms with Crippen LogP contribution in [0.2, 0.25) is 5.02 Å². The summed E-state index contributed by atoms with van der Waals surface area (Å²) in [5.41, 5.74) is -1.83. The molecule has 0 unspecified atom stereocenters. The number of imide groups is 1. The van der Waals surface area contributed by atoms with E-state index in [0.717, 1.165) is 4.90 Å². The van der Waals surface area contributed by atoms with Crippen molar-refractivity contribution in [3.8, 4) is 0 Å². The molecule has 1 aromatic carbocycles. The van der Waals surface area contributed by atoms with E-state index in [-0.39, 0.29) is 18.2 Å². The van der Waals surface area contributed by atoms with Crippen LogP contribution in [0.25, 0.3) is 10.8 Å². The van der Waals surface area contributed by atoms with Crippen LogP contribution in [0.4, 0.5) is 9.59 Å². The van der Waals surface area contributed by atoms with E-state index in [1.165, 1.54) is 4.57 Å². The van der Waals surface area contributed by atoms with Gasteiger partial charge in [0.15, 0.2) is 0 Å². The van der Waals surface area contributed by atoms with Crippen LogP contribution in [0.3, 0.4) is 0 Å². The summed E-state index contributed by atoms with van der Waals surface area (Å²) < 4.78 is 12.2. The molecule has 0 aliphatic heterocycles. The Morgan fingerprint density at radius 1 is 1.09 bits per heavy atom. The summed E-state index contributed by atoms with van der Waals surface area (Å²) in [6.45, 7) is 11.3.